The van der Waals surface area contributed by atoms with E-state index in [0.29, 0.717) is 34.3 Å². The lowest BCUT2D eigenvalue weighted by Gasteiger charge is -2.23. The second-order valence-electron chi connectivity index (χ2n) is 10.6. The number of alkyl carbamates (subject to hydrolysis) is 1. The molecular weight excluding hydrogens is 511 g/mol. The molecule has 2 aromatic heterocycles. The molecular formula is C28H30F3N5O3. The highest BCUT2D eigenvalue weighted by atomic mass is 19.4. The number of carbonyl (C=O) groups excluding carboxylic acids is 1. The second kappa shape index (κ2) is 10.5. The number of hydrogen-bond donors (Lipinski definition) is 1. The summed E-state index contributed by atoms with van der Waals surface area (Å²) in [4.78, 5) is 29.7. The van der Waals surface area contributed by atoms with Crippen LogP contribution in [0.2, 0.25) is 0 Å². The predicted molar refractivity (Wildman–Crippen MR) is 141 cm³/mol. The summed E-state index contributed by atoms with van der Waals surface area (Å²) in [7, 11) is 0. The average Bonchev–Trinajstić information content (AvgIpc) is 3.35. The van der Waals surface area contributed by atoms with Gasteiger partial charge in [-0.15, -0.1) is 5.10 Å². The van der Waals surface area contributed by atoms with Crippen LogP contribution in [0.25, 0.3) is 27.6 Å². The Morgan fingerprint density at radius 3 is 2.33 bits per heavy atom. The van der Waals surface area contributed by atoms with Crippen molar-refractivity contribution in [2.24, 2.45) is 5.92 Å². The van der Waals surface area contributed by atoms with Gasteiger partial charge in [-0.05, 0) is 55.8 Å². The maximum absolute atomic E-state index is 13.8. The van der Waals surface area contributed by atoms with Gasteiger partial charge in [-0.2, -0.15) is 13.2 Å². The van der Waals surface area contributed by atoms with Crippen molar-refractivity contribution in [2.45, 2.75) is 59.5 Å². The predicted octanol–water partition coefficient (Wildman–Crippen LogP) is 5.95. The molecule has 11 heteroatoms. The van der Waals surface area contributed by atoms with E-state index >= 15 is 0 Å². The number of benzene rings is 2. The highest BCUT2D eigenvalue weighted by Gasteiger charge is 2.36. The van der Waals surface area contributed by atoms with Crippen LogP contribution in [0, 0.1) is 5.92 Å². The third kappa shape index (κ3) is 6.30. The summed E-state index contributed by atoms with van der Waals surface area (Å²) in [6.07, 6.45) is -4.35. The van der Waals surface area contributed by atoms with E-state index in [1.807, 2.05) is 44.2 Å². The number of amides is 1. The first-order chi connectivity index (χ1) is 18.2. The number of carbonyl (C=O) groups is 1. The van der Waals surface area contributed by atoms with Gasteiger partial charge in [-0.3, -0.25) is 4.79 Å². The zero-order valence-corrected chi connectivity index (χ0v) is 22.3. The highest BCUT2D eigenvalue weighted by molar-refractivity contribution is 5.98. The summed E-state index contributed by atoms with van der Waals surface area (Å²) in [5.74, 6) is -1.15. The number of nitrogens with zero attached hydrogens (tertiary/aromatic N) is 4. The third-order valence-electron chi connectivity index (χ3n) is 5.78. The van der Waals surface area contributed by atoms with Crippen molar-refractivity contribution in [3.8, 4) is 16.8 Å². The molecule has 4 rings (SSSR count). The quantitative estimate of drug-likeness (QED) is 0.326. The summed E-state index contributed by atoms with van der Waals surface area (Å²) >= 11 is 0. The molecule has 0 aliphatic heterocycles. The number of rotatable bonds is 6. The van der Waals surface area contributed by atoms with E-state index in [4.69, 9.17) is 4.74 Å². The van der Waals surface area contributed by atoms with Crippen molar-refractivity contribution in [3.05, 3.63) is 76.7 Å². The van der Waals surface area contributed by atoms with Crippen LogP contribution in [0.5, 0.6) is 0 Å². The molecule has 39 heavy (non-hydrogen) atoms. The Morgan fingerprint density at radius 2 is 1.74 bits per heavy atom. The van der Waals surface area contributed by atoms with Crippen LogP contribution in [0.4, 0.5) is 18.0 Å². The van der Waals surface area contributed by atoms with Crippen LogP contribution < -0.4 is 10.9 Å². The van der Waals surface area contributed by atoms with Crippen molar-refractivity contribution in [1.29, 1.82) is 0 Å². The first-order valence-electron chi connectivity index (χ1n) is 12.5. The maximum atomic E-state index is 13.8. The molecule has 2 aromatic carbocycles. The van der Waals surface area contributed by atoms with Gasteiger partial charge < -0.3 is 14.6 Å². The zero-order chi connectivity index (χ0) is 28.5. The molecule has 0 spiro atoms. The number of hydrogen-bond acceptors (Lipinski definition) is 5. The van der Waals surface area contributed by atoms with E-state index in [1.165, 1.54) is 6.07 Å². The molecule has 0 radical (unpaired) electrons. The molecule has 0 aliphatic rings. The number of fused-ring (bicyclic) bond motifs is 1. The van der Waals surface area contributed by atoms with Crippen LogP contribution >= 0.6 is 0 Å². The lowest BCUT2D eigenvalue weighted by atomic mass is 9.95. The van der Waals surface area contributed by atoms with Gasteiger partial charge in [0.25, 0.3) is 11.4 Å². The smallest absolute Gasteiger partial charge is 0.444 e. The van der Waals surface area contributed by atoms with E-state index in [9.17, 15) is 22.8 Å². The number of halogens is 3. The first kappa shape index (κ1) is 27.9. The molecule has 206 valence electrons. The highest BCUT2D eigenvalue weighted by Crippen LogP contribution is 2.33. The van der Waals surface area contributed by atoms with Gasteiger partial charge in [0.15, 0.2) is 0 Å². The Hall–Kier alpha value is -4.15. The standard InChI is InChI=1S/C28H30F3N5O3/c1-17(2)15-35-22(14-32-26(38)39-27(3,4)5)23(18-9-7-6-8-10-18)21-13-19(11-12-20(21)24(35)37)36-16-33-25(34-36)28(29,30)31/h6-13,16-17H,14-15H2,1-5H3,(H,32,38). The minimum atomic E-state index is -4.69. The average molecular weight is 542 g/mol. The van der Waals surface area contributed by atoms with E-state index in [2.05, 4.69) is 15.4 Å². The van der Waals surface area contributed by atoms with Crippen LogP contribution in [0.15, 0.2) is 59.7 Å². The van der Waals surface area contributed by atoms with Gasteiger partial charge in [-0.25, -0.2) is 14.5 Å². The van der Waals surface area contributed by atoms with Crippen LogP contribution in [0.3, 0.4) is 0 Å². The fraction of sp³-hybridized carbons (Fsp3) is 0.357. The van der Waals surface area contributed by atoms with Gasteiger partial charge in [-0.1, -0.05) is 44.2 Å². The number of ether oxygens (including phenoxy) is 1. The molecule has 0 aliphatic carbocycles. The Labute approximate surface area is 223 Å². The molecule has 2 heterocycles. The molecule has 8 nitrogen and oxygen atoms in total. The number of pyridine rings is 1. The molecule has 0 fully saturated rings. The number of alkyl halides is 3. The van der Waals surface area contributed by atoms with Crippen LogP contribution in [0.1, 0.15) is 46.1 Å². The second-order valence-corrected chi connectivity index (χ2v) is 10.6. The van der Waals surface area contributed by atoms with Gasteiger partial charge in [0.05, 0.1) is 12.2 Å². The number of nitrogens with one attached hydrogen (secondary N) is 1. The molecule has 0 bridgehead atoms. The van der Waals surface area contributed by atoms with E-state index in [1.54, 1.807) is 37.5 Å². The van der Waals surface area contributed by atoms with Gasteiger partial charge >= 0.3 is 12.3 Å². The summed E-state index contributed by atoms with van der Waals surface area (Å²) in [6, 6.07) is 14.0. The zero-order valence-electron chi connectivity index (χ0n) is 22.3. The van der Waals surface area contributed by atoms with Gasteiger partial charge in [0.1, 0.15) is 11.9 Å². The summed E-state index contributed by atoms with van der Waals surface area (Å²) < 4.78 is 47.5. The summed E-state index contributed by atoms with van der Waals surface area (Å²) in [6.45, 7) is 9.60. The minimum absolute atomic E-state index is 0.0111. The lowest BCUT2D eigenvalue weighted by Crippen LogP contribution is -2.35. The molecule has 1 N–H and O–H groups in total. The fourth-order valence-electron chi connectivity index (χ4n) is 4.28. The van der Waals surface area contributed by atoms with Crippen molar-refractivity contribution in [2.75, 3.05) is 0 Å². The van der Waals surface area contributed by atoms with E-state index < -0.39 is 23.7 Å². The molecule has 0 atom stereocenters. The third-order valence-corrected chi connectivity index (χ3v) is 5.78. The molecule has 4 aromatic rings. The van der Waals surface area contributed by atoms with Crippen molar-refractivity contribution in [3.63, 3.8) is 0 Å². The monoisotopic (exact) mass is 541 g/mol. The molecule has 0 saturated heterocycles. The van der Waals surface area contributed by atoms with Crippen molar-refractivity contribution >= 4 is 16.9 Å². The Bertz CT molecular complexity index is 1550. The molecule has 1 amide bonds. The Balaban J connectivity index is 1.96. The topological polar surface area (TPSA) is 91.0 Å². The molecule has 0 saturated carbocycles. The lowest BCUT2D eigenvalue weighted by molar-refractivity contribution is -0.144. The van der Waals surface area contributed by atoms with E-state index in [-0.39, 0.29) is 18.0 Å². The first-order valence-corrected chi connectivity index (χ1v) is 12.5. The molecule has 0 unspecified atom stereocenters. The maximum Gasteiger partial charge on any atom is 0.453 e. The van der Waals surface area contributed by atoms with Crippen LogP contribution in [-0.4, -0.2) is 31.0 Å². The fourth-order valence-corrected chi connectivity index (χ4v) is 4.28. The summed E-state index contributed by atoms with van der Waals surface area (Å²) in [5.41, 5.74) is 1.29. The largest absolute Gasteiger partial charge is 0.453 e. The van der Waals surface area contributed by atoms with Crippen molar-refractivity contribution in [1.82, 2.24) is 24.6 Å². The van der Waals surface area contributed by atoms with E-state index in [0.717, 1.165) is 16.6 Å². The Morgan fingerprint density at radius 1 is 1.05 bits per heavy atom. The Kier molecular flexibility index (Phi) is 7.54. The minimum Gasteiger partial charge on any atom is -0.444 e. The van der Waals surface area contributed by atoms with Crippen molar-refractivity contribution < 1.29 is 22.7 Å². The normalized spacial score (nSPS) is 12.2. The van der Waals surface area contributed by atoms with Gasteiger partial charge in [0.2, 0.25) is 0 Å². The van der Waals surface area contributed by atoms with Gasteiger partial charge in [0, 0.05) is 23.2 Å². The van der Waals surface area contributed by atoms with Crippen LogP contribution in [-0.2, 0) is 24.0 Å². The SMILES string of the molecule is CC(C)Cn1c(CNC(=O)OC(C)(C)C)c(-c2ccccc2)c2cc(-n3cnc(C(F)(F)F)n3)ccc2c1=O. The summed E-state index contributed by atoms with van der Waals surface area (Å²) in [5, 5.41) is 7.24. The number of aromatic nitrogens is 4.